The summed E-state index contributed by atoms with van der Waals surface area (Å²) < 4.78 is 28.7. The fourth-order valence-electron chi connectivity index (χ4n) is 4.07. The number of hydrogen-bond donors (Lipinski definition) is 0. The van der Waals surface area contributed by atoms with Crippen molar-refractivity contribution in [3.05, 3.63) is 59.2 Å². The van der Waals surface area contributed by atoms with Crippen molar-refractivity contribution in [2.45, 2.75) is 53.0 Å². The predicted octanol–water partition coefficient (Wildman–Crippen LogP) is 6.62. The number of rotatable bonds is 5. The van der Waals surface area contributed by atoms with Crippen LogP contribution in [0.3, 0.4) is 0 Å². The molecule has 0 bridgehead atoms. The van der Waals surface area contributed by atoms with E-state index in [0.29, 0.717) is 11.1 Å². The van der Waals surface area contributed by atoms with Gasteiger partial charge in [0.25, 0.3) is 0 Å². The lowest BCUT2D eigenvalue weighted by molar-refractivity contribution is 0.152. The number of halogens is 2. The second kappa shape index (κ2) is 8.52. The zero-order chi connectivity index (χ0) is 19.6. The summed E-state index contributed by atoms with van der Waals surface area (Å²) >= 11 is 0. The zero-order valence-electron chi connectivity index (χ0n) is 16.9. The van der Waals surface area contributed by atoms with Gasteiger partial charge in [0.1, 0.15) is 11.6 Å². The van der Waals surface area contributed by atoms with Gasteiger partial charge in [-0.15, -0.1) is 0 Å². The van der Waals surface area contributed by atoms with Crippen molar-refractivity contribution < 1.29 is 8.78 Å². The van der Waals surface area contributed by atoms with Crippen LogP contribution in [0, 0.1) is 23.5 Å². The van der Waals surface area contributed by atoms with E-state index < -0.39 is 0 Å². The molecule has 1 heterocycles. The molecule has 1 aliphatic rings. The van der Waals surface area contributed by atoms with E-state index in [9.17, 15) is 8.78 Å². The number of piperidine rings is 1. The molecule has 1 fully saturated rings. The Bertz CT molecular complexity index is 757. The fourth-order valence-corrected chi connectivity index (χ4v) is 4.07. The van der Waals surface area contributed by atoms with Crippen LogP contribution in [0.25, 0.3) is 11.1 Å². The Labute approximate surface area is 162 Å². The van der Waals surface area contributed by atoms with Gasteiger partial charge in [-0.2, -0.15) is 0 Å². The van der Waals surface area contributed by atoms with Crippen LogP contribution in [0.15, 0.2) is 36.4 Å². The lowest BCUT2D eigenvalue weighted by atomic mass is 9.86. The largest absolute Gasteiger partial charge is 0.299 e. The number of nitrogens with zero attached hydrogens (tertiary/aromatic N) is 1. The Morgan fingerprint density at radius 2 is 1.59 bits per heavy atom. The number of hydrogen-bond acceptors (Lipinski definition) is 1. The molecule has 0 unspecified atom stereocenters. The summed E-state index contributed by atoms with van der Waals surface area (Å²) in [7, 11) is 0. The van der Waals surface area contributed by atoms with E-state index in [4.69, 9.17) is 0 Å². The first kappa shape index (κ1) is 20.0. The molecule has 0 N–H and O–H groups in total. The molecule has 2 aromatic rings. The molecule has 0 amide bonds. The van der Waals surface area contributed by atoms with Gasteiger partial charge in [0.2, 0.25) is 0 Å². The summed E-state index contributed by atoms with van der Waals surface area (Å²) in [6.07, 6.45) is 2.53. The van der Waals surface area contributed by atoms with E-state index in [1.54, 1.807) is 0 Å². The summed E-state index contributed by atoms with van der Waals surface area (Å²) in [4.78, 5) is 2.49. The molecule has 0 atom stereocenters. The second-order valence-corrected chi connectivity index (χ2v) is 8.57. The normalized spacial score (nSPS) is 16.4. The van der Waals surface area contributed by atoms with Gasteiger partial charge >= 0.3 is 0 Å². The van der Waals surface area contributed by atoms with Crippen molar-refractivity contribution >= 4 is 0 Å². The minimum Gasteiger partial charge on any atom is -0.299 e. The molecular weight excluding hydrogens is 340 g/mol. The van der Waals surface area contributed by atoms with Crippen LogP contribution in [0.1, 0.15) is 57.6 Å². The first-order valence-corrected chi connectivity index (χ1v) is 10.2. The maximum absolute atomic E-state index is 14.8. The lowest BCUT2D eigenvalue weighted by Crippen LogP contribution is -2.34. The summed E-state index contributed by atoms with van der Waals surface area (Å²) in [5.74, 6) is 0.868. The third-order valence-corrected chi connectivity index (χ3v) is 5.93. The van der Waals surface area contributed by atoms with E-state index >= 15 is 0 Å². The summed E-state index contributed by atoms with van der Waals surface area (Å²) in [5, 5.41) is 0. The minimum absolute atomic E-state index is 0.0486. The van der Waals surface area contributed by atoms with Crippen molar-refractivity contribution in [3.8, 4) is 11.1 Å². The van der Waals surface area contributed by atoms with Crippen LogP contribution in [-0.4, -0.2) is 18.0 Å². The topological polar surface area (TPSA) is 3.24 Å². The predicted molar refractivity (Wildman–Crippen MR) is 109 cm³/mol. The standard InChI is InChI=1S/C24H31F2N/c1-16(2)19-9-11-27(12-10-19)15-18-5-7-20(8-6-18)23-14-21(25)13-22(17(3)4)24(23)26/h5-8,13-14,16-17,19H,9-12,15H2,1-4H3. The summed E-state index contributed by atoms with van der Waals surface area (Å²) in [6, 6.07) is 10.5. The summed E-state index contributed by atoms with van der Waals surface area (Å²) in [5.41, 5.74) is 2.74. The quantitative estimate of drug-likeness (QED) is 0.570. The maximum atomic E-state index is 14.8. The molecule has 1 saturated heterocycles. The van der Waals surface area contributed by atoms with Crippen molar-refractivity contribution in [1.29, 1.82) is 0 Å². The Morgan fingerprint density at radius 1 is 0.963 bits per heavy atom. The molecule has 0 spiro atoms. The van der Waals surface area contributed by atoms with E-state index in [-0.39, 0.29) is 17.6 Å². The second-order valence-electron chi connectivity index (χ2n) is 8.57. The SMILES string of the molecule is CC(C)c1cc(F)cc(-c2ccc(CN3CCC(C(C)C)CC3)cc2)c1F. The first-order valence-electron chi connectivity index (χ1n) is 10.2. The van der Waals surface area contributed by atoms with Crippen LogP contribution in [0.2, 0.25) is 0 Å². The molecule has 27 heavy (non-hydrogen) atoms. The van der Waals surface area contributed by atoms with Crippen LogP contribution in [0.4, 0.5) is 8.78 Å². The van der Waals surface area contributed by atoms with Crippen molar-refractivity contribution in [3.63, 3.8) is 0 Å². The Morgan fingerprint density at radius 3 is 2.15 bits per heavy atom. The van der Waals surface area contributed by atoms with E-state index in [2.05, 4.69) is 18.7 Å². The Hall–Kier alpha value is -1.74. The van der Waals surface area contributed by atoms with Gasteiger partial charge in [-0.25, -0.2) is 8.78 Å². The number of likely N-dealkylation sites (tertiary alicyclic amines) is 1. The molecule has 1 nitrogen and oxygen atoms in total. The molecule has 2 aromatic carbocycles. The van der Waals surface area contributed by atoms with Crippen LogP contribution >= 0.6 is 0 Å². The van der Waals surface area contributed by atoms with E-state index in [0.717, 1.165) is 37.0 Å². The molecule has 0 aliphatic carbocycles. The smallest absolute Gasteiger partial charge is 0.134 e. The molecule has 146 valence electrons. The highest BCUT2D eigenvalue weighted by Gasteiger charge is 2.21. The van der Waals surface area contributed by atoms with E-state index in [1.807, 2.05) is 38.1 Å². The number of benzene rings is 2. The Balaban J connectivity index is 1.71. The van der Waals surface area contributed by atoms with Gasteiger partial charge < -0.3 is 0 Å². The highest BCUT2D eigenvalue weighted by molar-refractivity contribution is 5.65. The van der Waals surface area contributed by atoms with Crippen molar-refractivity contribution in [2.24, 2.45) is 11.8 Å². The van der Waals surface area contributed by atoms with Crippen LogP contribution < -0.4 is 0 Å². The highest BCUT2D eigenvalue weighted by atomic mass is 19.1. The third kappa shape index (κ3) is 4.76. The van der Waals surface area contributed by atoms with E-state index in [1.165, 1.54) is 30.5 Å². The molecule has 0 saturated carbocycles. The van der Waals surface area contributed by atoms with Gasteiger partial charge in [0.05, 0.1) is 0 Å². The zero-order valence-corrected chi connectivity index (χ0v) is 16.9. The average molecular weight is 372 g/mol. The van der Waals surface area contributed by atoms with Crippen molar-refractivity contribution in [2.75, 3.05) is 13.1 Å². The van der Waals surface area contributed by atoms with Gasteiger partial charge in [-0.3, -0.25) is 4.90 Å². The van der Waals surface area contributed by atoms with Gasteiger partial charge in [0.15, 0.2) is 0 Å². The average Bonchev–Trinajstić information content (AvgIpc) is 2.64. The molecule has 3 rings (SSSR count). The fraction of sp³-hybridized carbons (Fsp3) is 0.500. The molecule has 0 aromatic heterocycles. The maximum Gasteiger partial charge on any atom is 0.134 e. The molecule has 0 radical (unpaired) electrons. The van der Waals surface area contributed by atoms with Crippen LogP contribution in [-0.2, 0) is 6.54 Å². The molecular formula is C24H31F2N. The summed E-state index contributed by atoms with van der Waals surface area (Å²) in [6.45, 7) is 11.6. The van der Waals surface area contributed by atoms with Crippen LogP contribution in [0.5, 0.6) is 0 Å². The third-order valence-electron chi connectivity index (χ3n) is 5.93. The Kier molecular flexibility index (Phi) is 6.31. The van der Waals surface area contributed by atoms with Gasteiger partial charge in [0, 0.05) is 12.1 Å². The highest BCUT2D eigenvalue weighted by Crippen LogP contribution is 2.31. The monoisotopic (exact) mass is 371 g/mol. The lowest BCUT2D eigenvalue weighted by Gasteiger charge is -2.33. The molecule has 3 heteroatoms. The first-order chi connectivity index (χ1) is 12.8. The van der Waals surface area contributed by atoms with Gasteiger partial charge in [-0.1, -0.05) is 52.0 Å². The molecule has 1 aliphatic heterocycles. The van der Waals surface area contributed by atoms with Crippen molar-refractivity contribution in [1.82, 2.24) is 4.90 Å². The van der Waals surface area contributed by atoms with Gasteiger partial charge in [-0.05, 0) is 72.5 Å². The minimum atomic E-state index is -0.382.